The Bertz CT molecular complexity index is 243. The van der Waals surface area contributed by atoms with Crippen LogP contribution in [0.25, 0.3) is 0 Å². The summed E-state index contributed by atoms with van der Waals surface area (Å²) in [6.45, 7) is 2.43. The van der Waals surface area contributed by atoms with Crippen LogP contribution in [0.5, 0.6) is 0 Å². The fourth-order valence-corrected chi connectivity index (χ4v) is 1.11. The van der Waals surface area contributed by atoms with Crippen molar-refractivity contribution in [2.24, 2.45) is 0 Å². The Kier molecular flexibility index (Phi) is 6.12. The smallest absolute Gasteiger partial charge is 0.872 e. The fourth-order valence-electron chi connectivity index (χ4n) is 1.11. The maximum Gasteiger partial charge on any atom is 1.00 e. The molecule has 0 aromatic heterocycles. The van der Waals surface area contributed by atoms with Crippen LogP contribution < -0.4 is 34.7 Å². The number of allylic oxidation sites excluding steroid dienone is 3. The molecule has 13 heavy (non-hydrogen) atoms. The van der Waals surface area contributed by atoms with Gasteiger partial charge < -0.3 is 9.84 Å². The Hall–Kier alpha value is -0.250. The minimum Gasteiger partial charge on any atom is -0.872 e. The van der Waals surface area contributed by atoms with Gasteiger partial charge in [0.25, 0.3) is 0 Å². The number of carbonyl (C=O) groups is 1. The molecule has 0 N–H and O–H groups in total. The number of aldehydes is 1. The SMILES string of the molecule is CCOC1=CC([O-])=C(C=O)CC1.[Na+]. The van der Waals surface area contributed by atoms with Crippen molar-refractivity contribution in [1.29, 1.82) is 0 Å². The first-order chi connectivity index (χ1) is 5.77. The van der Waals surface area contributed by atoms with E-state index < -0.39 is 0 Å². The third kappa shape index (κ3) is 3.55. The summed E-state index contributed by atoms with van der Waals surface area (Å²) >= 11 is 0. The molecule has 0 heterocycles. The van der Waals surface area contributed by atoms with Crippen LogP contribution in [0.3, 0.4) is 0 Å². The normalized spacial score (nSPS) is 15.9. The van der Waals surface area contributed by atoms with Gasteiger partial charge in [-0.3, -0.25) is 4.79 Å². The fraction of sp³-hybridized carbons (Fsp3) is 0.444. The monoisotopic (exact) mass is 190 g/mol. The summed E-state index contributed by atoms with van der Waals surface area (Å²) in [6, 6.07) is 0. The third-order valence-corrected chi connectivity index (χ3v) is 1.72. The maximum atomic E-state index is 11.1. The average molecular weight is 190 g/mol. The predicted molar refractivity (Wildman–Crippen MR) is 42.0 cm³/mol. The summed E-state index contributed by atoms with van der Waals surface area (Å²) in [4.78, 5) is 10.3. The molecule has 0 aliphatic heterocycles. The van der Waals surface area contributed by atoms with Crippen LogP contribution in [-0.4, -0.2) is 12.9 Å². The van der Waals surface area contributed by atoms with Gasteiger partial charge in [0.1, 0.15) is 6.29 Å². The number of ether oxygens (including phenoxy) is 1. The molecule has 66 valence electrons. The number of hydrogen-bond donors (Lipinski definition) is 0. The second-order valence-electron chi connectivity index (χ2n) is 2.55. The van der Waals surface area contributed by atoms with Gasteiger partial charge in [0.05, 0.1) is 12.4 Å². The number of hydrogen-bond acceptors (Lipinski definition) is 3. The molecule has 1 rings (SSSR count). The van der Waals surface area contributed by atoms with Crippen LogP contribution in [0.1, 0.15) is 19.8 Å². The van der Waals surface area contributed by atoms with E-state index in [1.165, 1.54) is 6.08 Å². The van der Waals surface area contributed by atoms with Gasteiger partial charge in [-0.05, 0) is 25.0 Å². The predicted octanol–water partition coefficient (Wildman–Crippen LogP) is -2.48. The van der Waals surface area contributed by atoms with Crippen LogP contribution >= 0.6 is 0 Å². The van der Waals surface area contributed by atoms with Gasteiger partial charge in [-0.25, -0.2) is 0 Å². The van der Waals surface area contributed by atoms with Gasteiger partial charge in [-0.1, -0.05) is 5.76 Å². The Balaban J connectivity index is 0.00000144. The van der Waals surface area contributed by atoms with Crippen LogP contribution in [-0.2, 0) is 9.53 Å². The van der Waals surface area contributed by atoms with E-state index in [-0.39, 0.29) is 35.3 Å². The first-order valence-corrected chi connectivity index (χ1v) is 3.96. The van der Waals surface area contributed by atoms with Gasteiger partial charge in [0.15, 0.2) is 0 Å². The molecule has 0 unspecified atom stereocenters. The van der Waals surface area contributed by atoms with Crippen molar-refractivity contribution >= 4 is 6.29 Å². The van der Waals surface area contributed by atoms with Crippen molar-refractivity contribution in [2.75, 3.05) is 6.61 Å². The Labute approximate surface area is 99.8 Å². The van der Waals surface area contributed by atoms with Gasteiger partial charge in [0.2, 0.25) is 0 Å². The molecular weight excluding hydrogens is 179 g/mol. The molecule has 4 heteroatoms. The van der Waals surface area contributed by atoms with E-state index in [9.17, 15) is 9.90 Å². The van der Waals surface area contributed by atoms with E-state index >= 15 is 0 Å². The molecule has 3 nitrogen and oxygen atoms in total. The maximum absolute atomic E-state index is 11.1. The summed E-state index contributed by atoms with van der Waals surface area (Å²) in [6.07, 6.45) is 3.19. The van der Waals surface area contributed by atoms with Crippen LogP contribution in [0.15, 0.2) is 23.2 Å². The van der Waals surface area contributed by atoms with E-state index in [4.69, 9.17) is 4.74 Å². The molecule has 0 radical (unpaired) electrons. The van der Waals surface area contributed by atoms with Gasteiger partial charge in [-0.15, -0.1) is 0 Å². The Morgan fingerprint density at radius 2 is 2.31 bits per heavy atom. The van der Waals surface area contributed by atoms with Crippen molar-refractivity contribution in [2.45, 2.75) is 19.8 Å². The van der Waals surface area contributed by atoms with Crippen LogP contribution in [0.4, 0.5) is 0 Å². The average Bonchev–Trinajstić information content (AvgIpc) is 2.05. The standard InChI is InChI=1S/C9H12O3.Na/c1-2-12-8-4-3-7(6-10)9(11)5-8;/h5-6,11H,2-4H2,1H3;/q;+1/p-1. The summed E-state index contributed by atoms with van der Waals surface area (Å²) in [7, 11) is 0. The quantitative estimate of drug-likeness (QED) is 0.365. The van der Waals surface area contributed by atoms with Crippen molar-refractivity contribution in [3.8, 4) is 0 Å². The largest absolute Gasteiger partial charge is 1.00 e. The molecule has 0 atom stereocenters. The first kappa shape index (κ1) is 12.8. The van der Waals surface area contributed by atoms with Gasteiger partial charge >= 0.3 is 29.6 Å². The molecule has 0 aromatic rings. The molecule has 0 fully saturated rings. The first-order valence-electron chi connectivity index (χ1n) is 3.96. The van der Waals surface area contributed by atoms with E-state index in [1.54, 1.807) is 0 Å². The van der Waals surface area contributed by atoms with Crippen LogP contribution in [0.2, 0.25) is 0 Å². The second-order valence-corrected chi connectivity index (χ2v) is 2.55. The molecule has 1 aliphatic carbocycles. The molecule has 0 saturated heterocycles. The van der Waals surface area contributed by atoms with Gasteiger partial charge in [0, 0.05) is 6.42 Å². The molecule has 0 aromatic carbocycles. The molecule has 0 spiro atoms. The molecule has 0 saturated carbocycles. The Morgan fingerprint density at radius 1 is 1.62 bits per heavy atom. The summed E-state index contributed by atoms with van der Waals surface area (Å²) < 4.78 is 5.16. The molecule has 1 aliphatic rings. The topological polar surface area (TPSA) is 49.4 Å². The second kappa shape index (κ2) is 6.24. The third-order valence-electron chi connectivity index (χ3n) is 1.72. The zero-order valence-corrected chi connectivity index (χ0v) is 10.0. The summed E-state index contributed by atoms with van der Waals surface area (Å²) in [5.74, 6) is 0.479. The van der Waals surface area contributed by atoms with Gasteiger partial charge in [-0.2, -0.15) is 0 Å². The zero-order valence-electron chi connectivity index (χ0n) is 8.00. The van der Waals surface area contributed by atoms with E-state index in [0.717, 1.165) is 0 Å². The van der Waals surface area contributed by atoms with Crippen molar-refractivity contribution < 1.29 is 44.2 Å². The van der Waals surface area contributed by atoms with E-state index in [0.29, 0.717) is 37.1 Å². The zero-order chi connectivity index (χ0) is 8.97. The summed E-state index contributed by atoms with van der Waals surface area (Å²) in [5.41, 5.74) is 0.346. The van der Waals surface area contributed by atoms with Crippen molar-refractivity contribution in [3.63, 3.8) is 0 Å². The minimum atomic E-state index is -0.209. The van der Waals surface area contributed by atoms with E-state index in [1.807, 2.05) is 6.92 Å². The molecule has 0 bridgehead atoms. The van der Waals surface area contributed by atoms with E-state index in [2.05, 4.69) is 0 Å². The number of carbonyl (C=O) groups excluding carboxylic acids is 1. The Morgan fingerprint density at radius 3 is 2.77 bits per heavy atom. The van der Waals surface area contributed by atoms with Crippen LogP contribution in [0, 0.1) is 0 Å². The molecule has 0 amide bonds. The van der Waals surface area contributed by atoms with Crippen molar-refractivity contribution in [3.05, 3.63) is 23.2 Å². The van der Waals surface area contributed by atoms with Crippen molar-refractivity contribution in [1.82, 2.24) is 0 Å². The summed E-state index contributed by atoms with van der Waals surface area (Å²) in [5, 5.41) is 11.1. The molecular formula is C9H11NaO3. The minimum absolute atomic E-state index is 0. The number of rotatable bonds is 3.